The second-order valence-corrected chi connectivity index (χ2v) is 9.23. The zero-order chi connectivity index (χ0) is 26.0. The SMILES string of the molecule is COc1ccc(CC(NC(=O)C2CCN(C(=O)C=Cc3ccccc3)CC2)c2ccc(OC)cc2)cc1. The van der Waals surface area contributed by atoms with Gasteiger partial charge in [0.05, 0.1) is 20.3 Å². The van der Waals surface area contributed by atoms with Gasteiger partial charge >= 0.3 is 0 Å². The van der Waals surface area contributed by atoms with Crippen molar-refractivity contribution in [3.8, 4) is 11.5 Å². The van der Waals surface area contributed by atoms with E-state index < -0.39 is 0 Å². The molecule has 192 valence electrons. The van der Waals surface area contributed by atoms with Gasteiger partial charge in [0, 0.05) is 25.1 Å². The Balaban J connectivity index is 1.38. The van der Waals surface area contributed by atoms with E-state index in [-0.39, 0.29) is 23.8 Å². The van der Waals surface area contributed by atoms with Crippen molar-refractivity contribution in [2.24, 2.45) is 5.92 Å². The van der Waals surface area contributed by atoms with Crippen LogP contribution in [0.2, 0.25) is 0 Å². The Kier molecular flexibility index (Phi) is 8.98. The molecule has 0 saturated carbocycles. The van der Waals surface area contributed by atoms with Crippen LogP contribution in [-0.2, 0) is 16.0 Å². The van der Waals surface area contributed by atoms with Crippen LogP contribution in [-0.4, -0.2) is 44.0 Å². The Hall–Kier alpha value is -4.06. The summed E-state index contributed by atoms with van der Waals surface area (Å²) < 4.78 is 10.6. The smallest absolute Gasteiger partial charge is 0.246 e. The van der Waals surface area contributed by atoms with Gasteiger partial charge in [-0.2, -0.15) is 0 Å². The van der Waals surface area contributed by atoms with Gasteiger partial charge in [-0.3, -0.25) is 9.59 Å². The number of carbonyl (C=O) groups excluding carboxylic acids is 2. The highest BCUT2D eigenvalue weighted by molar-refractivity contribution is 5.92. The summed E-state index contributed by atoms with van der Waals surface area (Å²) in [6.07, 6.45) is 5.40. The van der Waals surface area contributed by atoms with Gasteiger partial charge in [0.2, 0.25) is 11.8 Å². The lowest BCUT2D eigenvalue weighted by atomic mass is 9.93. The quantitative estimate of drug-likeness (QED) is 0.419. The third-order valence-corrected chi connectivity index (χ3v) is 6.83. The first kappa shape index (κ1) is 26.0. The highest BCUT2D eigenvalue weighted by Crippen LogP contribution is 2.25. The summed E-state index contributed by atoms with van der Waals surface area (Å²) in [5, 5.41) is 3.28. The minimum absolute atomic E-state index is 0.0154. The van der Waals surface area contributed by atoms with E-state index in [4.69, 9.17) is 9.47 Å². The molecule has 1 aliphatic rings. The molecule has 1 fully saturated rings. The van der Waals surface area contributed by atoms with E-state index in [1.165, 1.54) is 0 Å². The normalized spacial score (nSPS) is 14.8. The molecule has 0 radical (unpaired) electrons. The molecule has 1 saturated heterocycles. The van der Waals surface area contributed by atoms with Crippen LogP contribution < -0.4 is 14.8 Å². The number of likely N-dealkylation sites (tertiary alicyclic amines) is 1. The van der Waals surface area contributed by atoms with Gasteiger partial charge < -0.3 is 19.7 Å². The van der Waals surface area contributed by atoms with Crippen LogP contribution in [0.3, 0.4) is 0 Å². The fourth-order valence-electron chi connectivity index (χ4n) is 4.57. The van der Waals surface area contributed by atoms with E-state index >= 15 is 0 Å². The number of hydrogen-bond donors (Lipinski definition) is 1. The third kappa shape index (κ3) is 7.23. The number of nitrogens with zero attached hydrogens (tertiary/aromatic N) is 1. The van der Waals surface area contributed by atoms with E-state index in [0.29, 0.717) is 32.4 Å². The van der Waals surface area contributed by atoms with Gasteiger partial charge in [-0.1, -0.05) is 54.6 Å². The molecule has 4 rings (SSSR count). The molecule has 3 aromatic carbocycles. The van der Waals surface area contributed by atoms with Crippen molar-refractivity contribution in [3.05, 3.63) is 102 Å². The first-order chi connectivity index (χ1) is 18.1. The molecule has 1 atom stereocenters. The number of benzene rings is 3. The number of nitrogens with one attached hydrogen (secondary N) is 1. The highest BCUT2D eigenvalue weighted by atomic mass is 16.5. The molecule has 1 heterocycles. The lowest BCUT2D eigenvalue weighted by Crippen LogP contribution is -2.43. The maximum atomic E-state index is 13.3. The summed E-state index contributed by atoms with van der Waals surface area (Å²) in [5.74, 6) is 1.46. The summed E-state index contributed by atoms with van der Waals surface area (Å²) in [4.78, 5) is 27.8. The second kappa shape index (κ2) is 12.8. The fourth-order valence-corrected chi connectivity index (χ4v) is 4.57. The van der Waals surface area contributed by atoms with Gasteiger partial charge in [-0.15, -0.1) is 0 Å². The molecular weight excluding hydrogens is 464 g/mol. The lowest BCUT2D eigenvalue weighted by Gasteiger charge is -2.32. The molecule has 0 aromatic heterocycles. The van der Waals surface area contributed by atoms with Crippen LogP contribution in [0.1, 0.15) is 35.6 Å². The molecule has 37 heavy (non-hydrogen) atoms. The molecule has 0 spiro atoms. The number of carbonyl (C=O) groups is 2. The summed E-state index contributed by atoms with van der Waals surface area (Å²) in [6.45, 7) is 1.14. The van der Waals surface area contributed by atoms with E-state index in [0.717, 1.165) is 28.2 Å². The van der Waals surface area contributed by atoms with Gasteiger partial charge in [0.15, 0.2) is 0 Å². The molecule has 1 aliphatic heterocycles. The molecule has 3 aromatic rings. The number of ether oxygens (including phenoxy) is 2. The van der Waals surface area contributed by atoms with Crippen molar-refractivity contribution in [3.63, 3.8) is 0 Å². The van der Waals surface area contributed by atoms with E-state index in [2.05, 4.69) is 5.32 Å². The monoisotopic (exact) mass is 498 g/mol. The van der Waals surface area contributed by atoms with Crippen LogP contribution in [0.15, 0.2) is 84.9 Å². The van der Waals surface area contributed by atoms with Crippen molar-refractivity contribution in [2.45, 2.75) is 25.3 Å². The summed E-state index contributed by atoms with van der Waals surface area (Å²) in [5.41, 5.74) is 3.11. The lowest BCUT2D eigenvalue weighted by molar-refractivity contribution is -0.132. The van der Waals surface area contributed by atoms with Crippen LogP contribution in [0.25, 0.3) is 6.08 Å². The van der Waals surface area contributed by atoms with Crippen molar-refractivity contribution in [1.82, 2.24) is 10.2 Å². The second-order valence-electron chi connectivity index (χ2n) is 9.23. The summed E-state index contributed by atoms with van der Waals surface area (Å²) >= 11 is 0. The first-order valence-corrected chi connectivity index (χ1v) is 12.6. The Bertz CT molecular complexity index is 1180. The minimum Gasteiger partial charge on any atom is -0.497 e. The van der Waals surface area contributed by atoms with Crippen LogP contribution >= 0.6 is 0 Å². The topological polar surface area (TPSA) is 67.9 Å². The van der Waals surface area contributed by atoms with E-state index in [1.807, 2.05) is 89.8 Å². The van der Waals surface area contributed by atoms with Gasteiger partial charge in [0.25, 0.3) is 0 Å². The van der Waals surface area contributed by atoms with E-state index in [1.54, 1.807) is 20.3 Å². The molecule has 0 aliphatic carbocycles. The maximum absolute atomic E-state index is 13.3. The van der Waals surface area contributed by atoms with Crippen molar-refractivity contribution >= 4 is 17.9 Å². The largest absolute Gasteiger partial charge is 0.497 e. The third-order valence-electron chi connectivity index (χ3n) is 6.83. The number of hydrogen-bond acceptors (Lipinski definition) is 4. The first-order valence-electron chi connectivity index (χ1n) is 12.6. The molecule has 1 unspecified atom stereocenters. The number of amides is 2. The molecule has 1 N–H and O–H groups in total. The molecule has 0 bridgehead atoms. The number of piperidine rings is 1. The van der Waals surface area contributed by atoms with Crippen LogP contribution in [0, 0.1) is 5.92 Å². The fraction of sp³-hybridized carbons (Fsp3) is 0.290. The zero-order valence-electron chi connectivity index (χ0n) is 21.4. The minimum atomic E-state index is -0.180. The average Bonchev–Trinajstić information content (AvgIpc) is 2.96. The predicted molar refractivity (Wildman–Crippen MR) is 145 cm³/mol. The van der Waals surface area contributed by atoms with Gasteiger partial charge in [0.1, 0.15) is 11.5 Å². The standard InChI is InChI=1S/C31H34N2O4/c1-36-27-13-8-24(9-14-27)22-29(25-11-15-28(37-2)16-12-25)32-31(35)26-18-20-33(21-19-26)30(34)17-10-23-6-4-3-5-7-23/h3-17,26,29H,18-22H2,1-2H3,(H,32,35). The predicted octanol–water partition coefficient (Wildman–Crippen LogP) is 5.06. The zero-order valence-corrected chi connectivity index (χ0v) is 21.4. The summed E-state index contributed by atoms with van der Waals surface area (Å²) in [7, 11) is 3.29. The highest BCUT2D eigenvalue weighted by Gasteiger charge is 2.28. The number of rotatable bonds is 9. The summed E-state index contributed by atoms with van der Waals surface area (Å²) in [6, 6.07) is 25.3. The Morgan fingerprint density at radius 3 is 2.08 bits per heavy atom. The molecule has 6 heteroatoms. The van der Waals surface area contributed by atoms with Crippen LogP contribution in [0.5, 0.6) is 11.5 Å². The number of methoxy groups -OCH3 is 2. The Morgan fingerprint density at radius 1 is 0.892 bits per heavy atom. The van der Waals surface area contributed by atoms with Crippen molar-refractivity contribution < 1.29 is 19.1 Å². The Morgan fingerprint density at radius 2 is 1.49 bits per heavy atom. The van der Waals surface area contributed by atoms with Gasteiger partial charge in [-0.05, 0) is 66.3 Å². The molecule has 2 amide bonds. The maximum Gasteiger partial charge on any atom is 0.246 e. The average molecular weight is 499 g/mol. The van der Waals surface area contributed by atoms with Crippen LogP contribution in [0.4, 0.5) is 0 Å². The van der Waals surface area contributed by atoms with Crippen molar-refractivity contribution in [2.75, 3.05) is 27.3 Å². The van der Waals surface area contributed by atoms with Gasteiger partial charge in [-0.25, -0.2) is 0 Å². The van der Waals surface area contributed by atoms with E-state index in [9.17, 15) is 9.59 Å². The molecular formula is C31H34N2O4. The molecule has 6 nitrogen and oxygen atoms in total. The van der Waals surface area contributed by atoms with Crippen molar-refractivity contribution in [1.29, 1.82) is 0 Å². The Labute approximate surface area is 218 Å².